The van der Waals surface area contributed by atoms with Gasteiger partial charge >= 0.3 is 6.18 Å². The lowest BCUT2D eigenvalue weighted by atomic mass is 10.1. The van der Waals surface area contributed by atoms with Gasteiger partial charge in [0.15, 0.2) is 0 Å². The Balaban J connectivity index is 1.82. The summed E-state index contributed by atoms with van der Waals surface area (Å²) in [5, 5.41) is 0.751. The maximum Gasteiger partial charge on any atom is 0.416 e. The molecule has 9 nitrogen and oxygen atoms in total. The Labute approximate surface area is 220 Å². The summed E-state index contributed by atoms with van der Waals surface area (Å²) in [6.45, 7) is 2.98. The van der Waals surface area contributed by atoms with E-state index in [1.807, 2.05) is 0 Å². The molecule has 1 aliphatic heterocycles. The second-order valence-electron chi connectivity index (χ2n) is 8.57. The Bertz CT molecular complexity index is 1350. The van der Waals surface area contributed by atoms with Crippen LogP contribution in [0.1, 0.15) is 24.0 Å². The van der Waals surface area contributed by atoms with Gasteiger partial charge in [0.1, 0.15) is 6.61 Å². The van der Waals surface area contributed by atoms with Crippen molar-refractivity contribution in [1.82, 2.24) is 9.03 Å². The zero-order valence-corrected chi connectivity index (χ0v) is 22.2. The zero-order valence-electron chi connectivity index (χ0n) is 20.5. The van der Waals surface area contributed by atoms with E-state index in [9.17, 15) is 34.8 Å². The standard InChI is InChI=1S/C24H28F3N3O6S2/c1-3-37(32,33)28-15-21-5-4-14-30(21)38(34,35)22-12-10-20(11-13-22)29(23(31)17-36-2)16-18-6-8-19(9-7-18)24(25,26)27/h3,6-13,21,28H,1,4-5,14-17H2,2H3/t21-/m1/s1. The molecule has 14 heteroatoms. The highest BCUT2D eigenvalue weighted by Gasteiger charge is 2.36. The maximum atomic E-state index is 13.3. The first-order chi connectivity index (χ1) is 17.8. The van der Waals surface area contributed by atoms with Gasteiger partial charge in [0.25, 0.3) is 5.91 Å². The molecular formula is C24H28F3N3O6S2. The number of methoxy groups -OCH3 is 1. The average molecular weight is 576 g/mol. The fourth-order valence-corrected chi connectivity index (χ4v) is 6.28. The third-order valence-electron chi connectivity index (χ3n) is 6.01. The predicted octanol–water partition coefficient (Wildman–Crippen LogP) is 3.10. The minimum Gasteiger partial charge on any atom is -0.375 e. The van der Waals surface area contributed by atoms with E-state index in [1.165, 1.54) is 52.7 Å². The van der Waals surface area contributed by atoms with Crippen molar-refractivity contribution < 1.29 is 39.5 Å². The van der Waals surface area contributed by atoms with Crippen molar-refractivity contribution in [3.63, 3.8) is 0 Å². The summed E-state index contributed by atoms with van der Waals surface area (Å²) in [5.41, 5.74) is -0.0632. The number of nitrogens with zero attached hydrogens (tertiary/aromatic N) is 2. The molecule has 1 aliphatic rings. The van der Waals surface area contributed by atoms with E-state index in [-0.39, 0.29) is 31.1 Å². The van der Waals surface area contributed by atoms with E-state index in [0.29, 0.717) is 24.1 Å². The normalized spacial score (nSPS) is 16.9. The molecule has 208 valence electrons. The largest absolute Gasteiger partial charge is 0.416 e. The third-order valence-corrected chi connectivity index (χ3v) is 8.98. The number of anilines is 1. The van der Waals surface area contributed by atoms with Crippen molar-refractivity contribution >= 4 is 31.6 Å². The summed E-state index contributed by atoms with van der Waals surface area (Å²) >= 11 is 0. The predicted molar refractivity (Wildman–Crippen MR) is 135 cm³/mol. The van der Waals surface area contributed by atoms with Crippen LogP contribution in [0.3, 0.4) is 0 Å². The smallest absolute Gasteiger partial charge is 0.375 e. The second kappa shape index (κ2) is 11.9. The number of carbonyl (C=O) groups excluding carboxylic acids is 1. The minimum absolute atomic E-state index is 0.0478. The first kappa shape index (κ1) is 29.8. The highest BCUT2D eigenvalue weighted by molar-refractivity contribution is 7.92. The lowest BCUT2D eigenvalue weighted by molar-refractivity contribution is -0.137. The van der Waals surface area contributed by atoms with Crippen LogP contribution in [0.25, 0.3) is 0 Å². The number of amides is 1. The van der Waals surface area contributed by atoms with E-state index < -0.39 is 43.7 Å². The molecule has 0 aromatic heterocycles. The molecule has 0 unspecified atom stereocenters. The SMILES string of the molecule is C=CS(=O)(=O)NC[C@H]1CCCN1S(=O)(=O)c1ccc(N(Cc2ccc(C(F)(F)F)cc2)C(=O)COC)cc1. The van der Waals surface area contributed by atoms with E-state index in [2.05, 4.69) is 11.3 Å². The quantitative estimate of drug-likeness (QED) is 0.441. The van der Waals surface area contributed by atoms with Gasteiger partial charge in [-0.3, -0.25) is 4.79 Å². The number of sulfonamides is 2. The molecule has 0 radical (unpaired) electrons. The molecule has 0 spiro atoms. The highest BCUT2D eigenvalue weighted by atomic mass is 32.2. The first-order valence-electron chi connectivity index (χ1n) is 11.5. The number of nitrogens with one attached hydrogen (secondary N) is 1. The molecule has 1 saturated heterocycles. The Morgan fingerprint density at radius 2 is 1.76 bits per heavy atom. The van der Waals surface area contributed by atoms with Gasteiger partial charge in [0, 0.05) is 37.3 Å². The number of benzene rings is 2. The summed E-state index contributed by atoms with van der Waals surface area (Å²) in [4.78, 5) is 14.0. The Kier molecular flexibility index (Phi) is 9.36. The van der Waals surface area contributed by atoms with Gasteiger partial charge < -0.3 is 9.64 Å². The van der Waals surface area contributed by atoms with Crippen LogP contribution < -0.4 is 9.62 Å². The van der Waals surface area contributed by atoms with Gasteiger partial charge in [-0.1, -0.05) is 18.7 Å². The van der Waals surface area contributed by atoms with Crippen LogP contribution in [0.15, 0.2) is 65.4 Å². The van der Waals surface area contributed by atoms with Gasteiger partial charge in [-0.05, 0) is 54.8 Å². The van der Waals surface area contributed by atoms with E-state index in [4.69, 9.17) is 4.74 Å². The molecule has 2 aromatic rings. The van der Waals surface area contributed by atoms with Crippen LogP contribution in [0, 0.1) is 0 Å². The molecule has 3 rings (SSSR count). The molecule has 1 N–H and O–H groups in total. The number of hydrogen-bond donors (Lipinski definition) is 1. The zero-order chi connectivity index (χ0) is 28.1. The summed E-state index contributed by atoms with van der Waals surface area (Å²) in [6.07, 6.45) is -3.46. The fraction of sp³-hybridized carbons (Fsp3) is 0.375. The van der Waals surface area contributed by atoms with E-state index >= 15 is 0 Å². The summed E-state index contributed by atoms with van der Waals surface area (Å²) < 4.78 is 97.1. The van der Waals surface area contributed by atoms with Crippen molar-refractivity contribution in [2.75, 3.05) is 31.7 Å². The van der Waals surface area contributed by atoms with Gasteiger partial charge in [0.2, 0.25) is 20.0 Å². The topological polar surface area (TPSA) is 113 Å². The molecule has 1 atom stereocenters. The molecule has 0 saturated carbocycles. The Morgan fingerprint density at radius 3 is 2.32 bits per heavy atom. The lowest BCUT2D eigenvalue weighted by Crippen LogP contribution is -2.42. The van der Waals surface area contributed by atoms with Crippen molar-refractivity contribution in [2.24, 2.45) is 0 Å². The van der Waals surface area contributed by atoms with E-state index in [0.717, 1.165) is 17.5 Å². The minimum atomic E-state index is -4.49. The van der Waals surface area contributed by atoms with Crippen LogP contribution in [0.4, 0.5) is 18.9 Å². The summed E-state index contributed by atoms with van der Waals surface area (Å²) in [6, 6.07) is 9.31. The molecule has 0 bridgehead atoms. The van der Waals surface area contributed by atoms with Crippen molar-refractivity contribution in [3.8, 4) is 0 Å². The van der Waals surface area contributed by atoms with Crippen LogP contribution in [-0.2, 0) is 42.3 Å². The number of hydrogen-bond acceptors (Lipinski definition) is 6. The van der Waals surface area contributed by atoms with Crippen molar-refractivity contribution in [3.05, 3.63) is 71.6 Å². The van der Waals surface area contributed by atoms with Gasteiger partial charge in [-0.2, -0.15) is 17.5 Å². The van der Waals surface area contributed by atoms with Crippen LogP contribution in [0.5, 0.6) is 0 Å². The van der Waals surface area contributed by atoms with Crippen LogP contribution in [-0.4, -0.2) is 59.9 Å². The monoisotopic (exact) mass is 575 g/mol. The van der Waals surface area contributed by atoms with Gasteiger partial charge in [-0.25, -0.2) is 21.6 Å². The number of rotatable bonds is 11. The van der Waals surface area contributed by atoms with Gasteiger partial charge in [-0.15, -0.1) is 0 Å². The molecule has 38 heavy (non-hydrogen) atoms. The molecule has 2 aromatic carbocycles. The maximum absolute atomic E-state index is 13.3. The summed E-state index contributed by atoms with van der Waals surface area (Å²) in [7, 11) is -6.37. The fourth-order valence-electron chi connectivity index (χ4n) is 4.04. The molecule has 1 heterocycles. The first-order valence-corrected chi connectivity index (χ1v) is 14.5. The number of ether oxygens (including phenoxy) is 1. The van der Waals surface area contributed by atoms with Crippen molar-refractivity contribution in [2.45, 2.75) is 36.5 Å². The number of halogens is 3. The second-order valence-corrected chi connectivity index (χ2v) is 12.2. The third kappa shape index (κ3) is 7.20. The lowest BCUT2D eigenvalue weighted by Gasteiger charge is -2.25. The number of carbonyl (C=O) groups is 1. The van der Waals surface area contributed by atoms with Gasteiger partial charge in [0.05, 0.1) is 17.0 Å². The average Bonchev–Trinajstić information content (AvgIpc) is 3.36. The van der Waals surface area contributed by atoms with E-state index in [1.54, 1.807) is 0 Å². The molecule has 1 fully saturated rings. The highest BCUT2D eigenvalue weighted by Crippen LogP contribution is 2.30. The molecular weight excluding hydrogens is 547 g/mol. The number of alkyl halides is 3. The molecule has 0 aliphatic carbocycles. The van der Waals surface area contributed by atoms with Crippen LogP contribution in [0.2, 0.25) is 0 Å². The van der Waals surface area contributed by atoms with Crippen molar-refractivity contribution in [1.29, 1.82) is 0 Å². The Morgan fingerprint density at radius 1 is 1.13 bits per heavy atom. The summed E-state index contributed by atoms with van der Waals surface area (Å²) in [5.74, 6) is -0.475. The molecule has 1 amide bonds. The van der Waals surface area contributed by atoms with Crippen LogP contribution >= 0.6 is 0 Å². The Hall–Kier alpha value is -2.78.